The molecule has 8 heteroatoms. The first kappa shape index (κ1) is 24.4. The van der Waals surface area contributed by atoms with Crippen molar-refractivity contribution in [2.24, 2.45) is 0 Å². The van der Waals surface area contributed by atoms with Crippen molar-refractivity contribution in [2.75, 3.05) is 32.1 Å². The predicted octanol–water partition coefficient (Wildman–Crippen LogP) is 4.57. The average molecular weight is 489 g/mol. The van der Waals surface area contributed by atoms with E-state index in [2.05, 4.69) is 5.32 Å². The Morgan fingerprint density at radius 1 is 1.06 bits per heavy atom. The molecule has 0 saturated carbocycles. The number of thiophene rings is 1. The first-order valence-corrected chi connectivity index (χ1v) is 12.2. The first-order valence-electron chi connectivity index (χ1n) is 11.3. The van der Waals surface area contributed by atoms with Crippen LogP contribution >= 0.6 is 11.3 Å². The quantitative estimate of drug-likeness (QED) is 0.355. The highest BCUT2D eigenvalue weighted by Crippen LogP contribution is 2.25. The molecule has 4 aromatic rings. The van der Waals surface area contributed by atoms with E-state index in [-0.39, 0.29) is 24.8 Å². The maximum Gasteiger partial charge on any atom is 0.245 e. The summed E-state index contributed by atoms with van der Waals surface area (Å²) in [5, 5.41) is 9.65. The van der Waals surface area contributed by atoms with Gasteiger partial charge in [0.05, 0.1) is 31.0 Å². The molecule has 2 heterocycles. The number of benzene rings is 2. The fourth-order valence-electron chi connectivity index (χ4n) is 3.63. The van der Waals surface area contributed by atoms with Crippen molar-refractivity contribution in [3.63, 3.8) is 0 Å². The number of nitrogens with one attached hydrogen (secondary N) is 1. The Morgan fingerprint density at radius 3 is 2.51 bits per heavy atom. The minimum Gasteiger partial charge on any atom is -0.383 e. The van der Waals surface area contributed by atoms with E-state index in [1.165, 1.54) is 16.2 Å². The van der Waals surface area contributed by atoms with E-state index in [9.17, 15) is 9.59 Å². The number of anilines is 1. The summed E-state index contributed by atoms with van der Waals surface area (Å²) in [4.78, 5) is 28.5. The standard InChI is InChI=1S/C27H28N4O3S/c1-20-10-12-22(13-11-20)31-25(18-24(29-31)21-7-4-3-5-8-21)28-26(32)19-30(14-15-34-2)27(33)17-23-9-6-16-35-23/h3-13,16,18H,14-15,17,19H2,1-2H3,(H,28,32). The highest BCUT2D eigenvalue weighted by molar-refractivity contribution is 7.10. The summed E-state index contributed by atoms with van der Waals surface area (Å²) >= 11 is 1.52. The Balaban J connectivity index is 1.56. The van der Waals surface area contributed by atoms with Crippen molar-refractivity contribution in [3.8, 4) is 16.9 Å². The minimum atomic E-state index is -0.298. The minimum absolute atomic E-state index is 0.0761. The molecule has 2 amide bonds. The molecular formula is C27H28N4O3S. The average Bonchev–Trinajstić information content (AvgIpc) is 3.53. The van der Waals surface area contributed by atoms with E-state index in [0.717, 1.165) is 27.4 Å². The zero-order chi connectivity index (χ0) is 24.6. The van der Waals surface area contributed by atoms with Crippen molar-refractivity contribution < 1.29 is 14.3 Å². The molecular weight excluding hydrogens is 460 g/mol. The van der Waals surface area contributed by atoms with Gasteiger partial charge in [-0.2, -0.15) is 5.10 Å². The topological polar surface area (TPSA) is 76.5 Å². The van der Waals surface area contributed by atoms with E-state index in [1.807, 2.05) is 85.1 Å². The van der Waals surface area contributed by atoms with Crippen LogP contribution in [0.25, 0.3) is 16.9 Å². The van der Waals surface area contributed by atoms with E-state index >= 15 is 0 Å². The van der Waals surface area contributed by atoms with Gasteiger partial charge in [0, 0.05) is 30.2 Å². The van der Waals surface area contributed by atoms with Crippen LogP contribution in [0.5, 0.6) is 0 Å². The summed E-state index contributed by atoms with van der Waals surface area (Å²) < 4.78 is 6.87. The molecule has 4 rings (SSSR count). The first-order chi connectivity index (χ1) is 17.0. The molecule has 2 aromatic carbocycles. The highest BCUT2D eigenvalue weighted by atomic mass is 32.1. The SMILES string of the molecule is COCCN(CC(=O)Nc1cc(-c2ccccc2)nn1-c1ccc(C)cc1)C(=O)Cc1cccs1. The third kappa shape index (κ3) is 6.44. The van der Waals surface area contributed by atoms with Crippen LogP contribution in [-0.4, -0.2) is 53.3 Å². The second kappa shape index (κ2) is 11.6. The molecule has 0 aliphatic carbocycles. The van der Waals surface area contributed by atoms with Crippen molar-refractivity contribution in [1.29, 1.82) is 0 Å². The Hall–Kier alpha value is -3.75. The van der Waals surface area contributed by atoms with Gasteiger partial charge in [-0.15, -0.1) is 11.3 Å². The molecule has 7 nitrogen and oxygen atoms in total. The summed E-state index contributed by atoms with van der Waals surface area (Å²) in [6.45, 7) is 2.63. The van der Waals surface area contributed by atoms with Gasteiger partial charge < -0.3 is 15.0 Å². The van der Waals surface area contributed by atoms with Crippen LogP contribution in [0.1, 0.15) is 10.4 Å². The fourth-order valence-corrected chi connectivity index (χ4v) is 4.32. The van der Waals surface area contributed by atoms with Crippen molar-refractivity contribution >= 4 is 29.0 Å². The van der Waals surface area contributed by atoms with Crippen molar-refractivity contribution in [3.05, 3.63) is 88.6 Å². The number of hydrogen-bond donors (Lipinski definition) is 1. The van der Waals surface area contributed by atoms with Crippen LogP contribution in [-0.2, 0) is 20.7 Å². The van der Waals surface area contributed by atoms with Gasteiger partial charge in [-0.1, -0.05) is 54.1 Å². The molecule has 0 aliphatic rings. The number of aryl methyl sites for hydroxylation is 1. The van der Waals surface area contributed by atoms with Crippen molar-refractivity contribution in [1.82, 2.24) is 14.7 Å². The fraction of sp³-hybridized carbons (Fsp3) is 0.222. The molecule has 0 saturated heterocycles. The number of amides is 2. The van der Waals surface area contributed by atoms with E-state index < -0.39 is 0 Å². The summed E-state index contributed by atoms with van der Waals surface area (Å²) in [7, 11) is 1.58. The molecule has 0 fully saturated rings. The molecule has 0 spiro atoms. The molecule has 0 aliphatic heterocycles. The summed E-state index contributed by atoms with van der Waals surface area (Å²) in [6, 6.07) is 23.4. The zero-order valence-corrected chi connectivity index (χ0v) is 20.6. The number of carbonyl (C=O) groups is 2. The van der Waals surface area contributed by atoms with Crippen LogP contribution in [0.2, 0.25) is 0 Å². The molecule has 180 valence electrons. The lowest BCUT2D eigenvalue weighted by Gasteiger charge is -2.22. The smallest absolute Gasteiger partial charge is 0.245 e. The molecule has 2 aromatic heterocycles. The lowest BCUT2D eigenvalue weighted by atomic mass is 10.1. The largest absolute Gasteiger partial charge is 0.383 e. The van der Waals surface area contributed by atoms with E-state index in [4.69, 9.17) is 9.84 Å². The van der Waals surface area contributed by atoms with Crippen LogP contribution < -0.4 is 5.32 Å². The molecule has 35 heavy (non-hydrogen) atoms. The van der Waals surface area contributed by atoms with Gasteiger partial charge >= 0.3 is 0 Å². The summed E-state index contributed by atoms with van der Waals surface area (Å²) in [6.07, 6.45) is 0.258. The monoisotopic (exact) mass is 488 g/mol. The lowest BCUT2D eigenvalue weighted by molar-refractivity contribution is -0.134. The normalized spacial score (nSPS) is 10.8. The predicted molar refractivity (Wildman–Crippen MR) is 139 cm³/mol. The summed E-state index contributed by atoms with van der Waals surface area (Å²) in [5.74, 6) is 0.125. The van der Waals surface area contributed by atoms with Crippen LogP contribution in [0.15, 0.2) is 78.2 Å². The number of carbonyl (C=O) groups excluding carboxylic acids is 2. The molecule has 1 N–H and O–H groups in total. The molecule has 0 unspecified atom stereocenters. The highest BCUT2D eigenvalue weighted by Gasteiger charge is 2.20. The number of ether oxygens (including phenoxy) is 1. The number of aromatic nitrogens is 2. The lowest BCUT2D eigenvalue weighted by Crippen LogP contribution is -2.40. The van der Waals surface area contributed by atoms with Crippen LogP contribution in [0.4, 0.5) is 5.82 Å². The Kier molecular flexibility index (Phi) is 8.07. The number of methoxy groups -OCH3 is 1. The number of nitrogens with zero attached hydrogens (tertiary/aromatic N) is 3. The maximum atomic E-state index is 13.1. The number of rotatable bonds is 10. The third-order valence-corrected chi connectivity index (χ3v) is 6.36. The van der Waals surface area contributed by atoms with Gasteiger partial charge in [0.15, 0.2) is 0 Å². The molecule has 0 atom stereocenters. The van der Waals surface area contributed by atoms with Gasteiger partial charge in [0.25, 0.3) is 0 Å². The summed E-state index contributed by atoms with van der Waals surface area (Å²) in [5.41, 5.74) is 3.65. The van der Waals surface area contributed by atoms with Gasteiger partial charge in [-0.25, -0.2) is 4.68 Å². The zero-order valence-electron chi connectivity index (χ0n) is 19.8. The van der Waals surface area contributed by atoms with Crippen molar-refractivity contribution in [2.45, 2.75) is 13.3 Å². The Bertz CT molecular complexity index is 1250. The number of hydrogen-bond acceptors (Lipinski definition) is 5. The van der Waals surface area contributed by atoms with Gasteiger partial charge in [0.2, 0.25) is 11.8 Å². The van der Waals surface area contributed by atoms with Crippen LogP contribution in [0, 0.1) is 6.92 Å². The van der Waals surface area contributed by atoms with E-state index in [1.54, 1.807) is 11.8 Å². The van der Waals surface area contributed by atoms with E-state index in [0.29, 0.717) is 19.0 Å². The third-order valence-electron chi connectivity index (χ3n) is 5.48. The Labute approximate surface area is 209 Å². The Morgan fingerprint density at radius 2 is 1.83 bits per heavy atom. The molecule has 0 radical (unpaired) electrons. The second-order valence-corrected chi connectivity index (χ2v) is 9.17. The van der Waals surface area contributed by atoms with Gasteiger partial charge in [0.1, 0.15) is 5.82 Å². The van der Waals surface area contributed by atoms with Crippen LogP contribution in [0.3, 0.4) is 0 Å². The molecule has 0 bridgehead atoms. The maximum absolute atomic E-state index is 13.1. The van der Waals surface area contributed by atoms with Gasteiger partial charge in [-0.3, -0.25) is 9.59 Å². The second-order valence-electron chi connectivity index (χ2n) is 8.14. The van der Waals surface area contributed by atoms with Gasteiger partial charge in [-0.05, 0) is 30.5 Å².